The number of hydrogen-bond acceptors (Lipinski definition) is 1. The van der Waals surface area contributed by atoms with Gasteiger partial charge in [-0.05, 0) is 30.8 Å². The van der Waals surface area contributed by atoms with E-state index in [-0.39, 0.29) is 11.9 Å². The van der Waals surface area contributed by atoms with Gasteiger partial charge in [-0.25, -0.2) is 4.39 Å². The molecule has 1 rings (SSSR count). The van der Waals surface area contributed by atoms with Gasteiger partial charge in [-0.1, -0.05) is 21.9 Å². The van der Waals surface area contributed by atoms with E-state index in [1.807, 2.05) is 0 Å². The van der Waals surface area contributed by atoms with E-state index >= 15 is 0 Å². The topological polar surface area (TPSA) is 12.0 Å². The molecular formula is C10H9BrFN. The highest BCUT2D eigenvalue weighted by molar-refractivity contribution is 9.10. The molecule has 1 atom stereocenters. The molecule has 0 saturated carbocycles. The van der Waals surface area contributed by atoms with Gasteiger partial charge < -0.3 is 5.32 Å². The zero-order valence-corrected chi connectivity index (χ0v) is 8.73. The van der Waals surface area contributed by atoms with Crippen molar-refractivity contribution in [3.63, 3.8) is 0 Å². The van der Waals surface area contributed by atoms with E-state index in [4.69, 9.17) is 6.42 Å². The van der Waals surface area contributed by atoms with Crippen LogP contribution in [0.1, 0.15) is 11.6 Å². The summed E-state index contributed by atoms with van der Waals surface area (Å²) in [7, 11) is 1.74. The number of hydrogen-bond donors (Lipinski definition) is 1. The summed E-state index contributed by atoms with van der Waals surface area (Å²) in [5.74, 6) is 2.23. The Bertz CT molecular complexity index is 323. The lowest BCUT2D eigenvalue weighted by atomic mass is 10.1. The lowest BCUT2D eigenvalue weighted by molar-refractivity contribution is 0.619. The van der Waals surface area contributed by atoms with Gasteiger partial charge in [-0.15, -0.1) is 6.42 Å². The first kappa shape index (κ1) is 10.2. The maximum absolute atomic E-state index is 12.9. The smallest absolute Gasteiger partial charge is 0.124 e. The molecule has 0 fully saturated rings. The van der Waals surface area contributed by atoms with Crippen LogP contribution in [0.4, 0.5) is 4.39 Å². The summed E-state index contributed by atoms with van der Waals surface area (Å²) in [6.45, 7) is 0. The molecule has 13 heavy (non-hydrogen) atoms. The van der Waals surface area contributed by atoms with Crippen LogP contribution in [0.25, 0.3) is 0 Å². The van der Waals surface area contributed by atoms with Gasteiger partial charge in [0.1, 0.15) is 5.82 Å². The zero-order chi connectivity index (χ0) is 9.84. The standard InChI is InChI=1S/C10H9BrFN/c1-3-10(13-2)7-4-8(11)6-9(12)5-7/h1,4-6,10,13H,2H3. The van der Waals surface area contributed by atoms with Gasteiger partial charge >= 0.3 is 0 Å². The maximum Gasteiger partial charge on any atom is 0.124 e. The second-order valence-electron chi connectivity index (χ2n) is 2.59. The van der Waals surface area contributed by atoms with E-state index in [0.717, 1.165) is 5.56 Å². The molecular weight excluding hydrogens is 233 g/mol. The van der Waals surface area contributed by atoms with Crippen LogP contribution in [0, 0.1) is 18.2 Å². The van der Waals surface area contributed by atoms with Crippen LogP contribution in [0.5, 0.6) is 0 Å². The largest absolute Gasteiger partial charge is 0.303 e. The maximum atomic E-state index is 12.9. The third-order valence-corrected chi connectivity index (χ3v) is 2.13. The van der Waals surface area contributed by atoms with Crippen molar-refractivity contribution >= 4 is 15.9 Å². The summed E-state index contributed by atoms with van der Waals surface area (Å²) in [6.07, 6.45) is 5.27. The molecule has 3 heteroatoms. The van der Waals surface area contributed by atoms with Crippen LogP contribution in [0.3, 0.4) is 0 Å². The van der Waals surface area contributed by atoms with Crippen LogP contribution in [0.15, 0.2) is 22.7 Å². The SMILES string of the molecule is C#CC(NC)c1cc(F)cc(Br)c1. The van der Waals surface area contributed by atoms with Gasteiger partial charge in [0.25, 0.3) is 0 Å². The Labute approximate surface area is 85.5 Å². The summed E-state index contributed by atoms with van der Waals surface area (Å²) in [4.78, 5) is 0. The lowest BCUT2D eigenvalue weighted by Crippen LogP contribution is -2.14. The Morgan fingerprint density at radius 3 is 2.69 bits per heavy atom. The summed E-state index contributed by atoms with van der Waals surface area (Å²) in [5, 5.41) is 2.90. The van der Waals surface area contributed by atoms with Gasteiger partial charge in [0.15, 0.2) is 0 Å². The summed E-state index contributed by atoms with van der Waals surface area (Å²) in [6, 6.07) is 4.37. The molecule has 0 spiro atoms. The molecule has 68 valence electrons. The highest BCUT2D eigenvalue weighted by Crippen LogP contribution is 2.19. The molecule has 0 amide bonds. The molecule has 0 aliphatic carbocycles. The fourth-order valence-corrected chi connectivity index (χ4v) is 1.57. The van der Waals surface area contributed by atoms with Crippen LogP contribution in [-0.4, -0.2) is 7.05 Å². The molecule has 0 aliphatic rings. The first-order chi connectivity index (χ1) is 6.17. The molecule has 0 aliphatic heterocycles. The first-order valence-corrected chi connectivity index (χ1v) is 4.56. The lowest BCUT2D eigenvalue weighted by Gasteiger charge is -2.09. The van der Waals surface area contributed by atoms with E-state index in [0.29, 0.717) is 4.47 Å². The Morgan fingerprint density at radius 2 is 2.23 bits per heavy atom. The van der Waals surface area contributed by atoms with E-state index in [2.05, 4.69) is 27.2 Å². The van der Waals surface area contributed by atoms with Crippen LogP contribution < -0.4 is 5.32 Å². The highest BCUT2D eigenvalue weighted by Gasteiger charge is 2.07. The average Bonchev–Trinajstić information content (AvgIpc) is 2.04. The number of nitrogens with one attached hydrogen (secondary N) is 1. The van der Waals surface area contributed by atoms with Crippen molar-refractivity contribution in [3.05, 3.63) is 34.1 Å². The first-order valence-electron chi connectivity index (χ1n) is 3.76. The fraction of sp³-hybridized carbons (Fsp3) is 0.200. The molecule has 1 unspecified atom stereocenters. The van der Waals surface area contributed by atoms with Gasteiger partial charge in [0, 0.05) is 4.47 Å². The molecule has 0 saturated heterocycles. The fourth-order valence-electron chi connectivity index (χ4n) is 1.09. The third-order valence-electron chi connectivity index (χ3n) is 1.67. The van der Waals surface area contributed by atoms with Crippen molar-refractivity contribution in [1.29, 1.82) is 0 Å². The summed E-state index contributed by atoms with van der Waals surface area (Å²) in [5.41, 5.74) is 0.747. The van der Waals surface area contributed by atoms with Crippen molar-refractivity contribution in [2.75, 3.05) is 7.05 Å². The Kier molecular flexibility index (Phi) is 3.47. The summed E-state index contributed by atoms with van der Waals surface area (Å²) >= 11 is 3.20. The molecule has 1 aromatic carbocycles. The predicted octanol–water partition coefficient (Wildman–Crippen LogP) is 2.48. The molecule has 1 aromatic rings. The second kappa shape index (κ2) is 4.40. The minimum Gasteiger partial charge on any atom is -0.303 e. The van der Waals surface area contributed by atoms with Crippen molar-refractivity contribution < 1.29 is 4.39 Å². The predicted molar refractivity (Wildman–Crippen MR) is 54.7 cm³/mol. The van der Waals surface area contributed by atoms with Crippen LogP contribution in [0.2, 0.25) is 0 Å². The van der Waals surface area contributed by atoms with Crippen molar-refractivity contribution in [2.45, 2.75) is 6.04 Å². The minimum atomic E-state index is -0.292. The number of terminal acetylenes is 1. The Balaban J connectivity index is 3.08. The minimum absolute atomic E-state index is 0.244. The Morgan fingerprint density at radius 1 is 1.54 bits per heavy atom. The summed E-state index contributed by atoms with van der Waals surface area (Å²) < 4.78 is 13.6. The molecule has 0 bridgehead atoms. The number of rotatable bonds is 2. The van der Waals surface area contributed by atoms with E-state index < -0.39 is 0 Å². The van der Waals surface area contributed by atoms with Crippen LogP contribution >= 0.6 is 15.9 Å². The van der Waals surface area contributed by atoms with Gasteiger partial charge in [-0.2, -0.15) is 0 Å². The highest BCUT2D eigenvalue weighted by atomic mass is 79.9. The number of benzene rings is 1. The molecule has 1 nitrogen and oxygen atoms in total. The molecule has 0 aromatic heterocycles. The van der Waals surface area contributed by atoms with E-state index in [1.165, 1.54) is 12.1 Å². The van der Waals surface area contributed by atoms with Crippen molar-refractivity contribution in [3.8, 4) is 12.3 Å². The number of halogens is 2. The molecule has 0 heterocycles. The van der Waals surface area contributed by atoms with E-state index in [9.17, 15) is 4.39 Å². The van der Waals surface area contributed by atoms with E-state index in [1.54, 1.807) is 13.1 Å². The van der Waals surface area contributed by atoms with Crippen LogP contribution in [-0.2, 0) is 0 Å². The Hall–Kier alpha value is -0.850. The van der Waals surface area contributed by atoms with Crippen molar-refractivity contribution in [2.24, 2.45) is 0 Å². The second-order valence-corrected chi connectivity index (χ2v) is 3.51. The quantitative estimate of drug-likeness (QED) is 0.785. The monoisotopic (exact) mass is 241 g/mol. The van der Waals surface area contributed by atoms with Gasteiger partial charge in [0.2, 0.25) is 0 Å². The zero-order valence-electron chi connectivity index (χ0n) is 7.14. The van der Waals surface area contributed by atoms with Gasteiger partial charge in [0.05, 0.1) is 6.04 Å². The molecule has 0 radical (unpaired) electrons. The van der Waals surface area contributed by atoms with Crippen molar-refractivity contribution in [1.82, 2.24) is 5.32 Å². The van der Waals surface area contributed by atoms with Gasteiger partial charge in [-0.3, -0.25) is 0 Å². The molecule has 1 N–H and O–H groups in total. The average molecular weight is 242 g/mol. The normalized spacial score (nSPS) is 12.2. The third kappa shape index (κ3) is 2.55.